The van der Waals surface area contributed by atoms with Crippen molar-refractivity contribution < 1.29 is 24.3 Å². The Hall–Kier alpha value is -2.48. The van der Waals surface area contributed by atoms with E-state index in [4.69, 9.17) is 5.11 Å². The van der Waals surface area contributed by atoms with Gasteiger partial charge in [-0.25, -0.2) is 0 Å². The van der Waals surface area contributed by atoms with E-state index in [1.165, 1.54) is 29.3 Å². The van der Waals surface area contributed by atoms with Crippen LogP contribution < -0.4 is 10.6 Å². The van der Waals surface area contributed by atoms with Crippen LogP contribution in [0.1, 0.15) is 39.5 Å². The van der Waals surface area contributed by atoms with Gasteiger partial charge in [-0.2, -0.15) is 0 Å². The summed E-state index contributed by atoms with van der Waals surface area (Å²) in [6.45, 7) is 4.30. The van der Waals surface area contributed by atoms with Crippen LogP contribution in [0.15, 0.2) is 24.4 Å². The molecule has 0 aromatic rings. The molecule has 1 aliphatic rings. The van der Waals surface area contributed by atoms with E-state index in [-0.39, 0.29) is 36.7 Å². The van der Waals surface area contributed by atoms with Crippen molar-refractivity contribution in [1.82, 2.24) is 15.5 Å². The van der Waals surface area contributed by atoms with Crippen LogP contribution in [0.5, 0.6) is 0 Å². The lowest BCUT2D eigenvalue weighted by Crippen LogP contribution is -2.31. The van der Waals surface area contributed by atoms with E-state index in [0.717, 1.165) is 12.8 Å². The van der Waals surface area contributed by atoms with Crippen LogP contribution in [0.3, 0.4) is 0 Å². The smallest absolute Gasteiger partial charge is 0.253 e. The number of aliphatic hydroxyl groups is 1. The van der Waals surface area contributed by atoms with Crippen molar-refractivity contribution in [3.05, 3.63) is 24.4 Å². The number of amides is 4. The first kappa shape index (κ1) is 21.6. The van der Waals surface area contributed by atoms with Crippen molar-refractivity contribution in [2.24, 2.45) is 5.41 Å². The second-order valence-electron chi connectivity index (χ2n) is 6.91. The summed E-state index contributed by atoms with van der Waals surface area (Å²) in [5.74, 6) is -1.15. The zero-order valence-corrected chi connectivity index (χ0v) is 15.3. The van der Waals surface area contributed by atoms with Gasteiger partial charge in [0.2, 0.25) is 11.8 Å². The third kappa shape index (κ3) is 8.06. The minimum absolute atomic E-state index is 0.0960. The van der Waals surface area contributed by atoms with E-state index in [0.29, 0.717) is 19.5 Å². The zero-order chi connectivity index (χ0) is 19.6. The van der Waals surface area contributed by atoms with Crippen molar-refractivity contribution in [2.75, 3.05) is 19.7 Å². The van der Waals surface area contributed by atoms with E-state index in [1.54, 1.807) is 13.8 Å². The summed E-state index contributed by atoms with van der Waals surface area (Å²) >= 11 is 0. The maximum Gasteiger partial charge on any atom is 0.253 e. The third-order valence-corrected chi connectivity index (χ3v) is 3.80. The molecule has 144 valence electrons. The molecule has 26 heavy (non-hydrogen) atoms. The van der Waals surface area contributed by atoms with E-state index in [2.05, 4.69) is 10.6 Å². The van der Waals surface area contributed by atoms with Crippen molar-refractivity contribution in [3.63, 3.8) is 0 Å². The van der Waals surface area contributed by atoms with Crippen LogP contribution in [-0.2, 0) is 19.2 Å². The van der Waals surface area contributed by atoms with Crippen LogP contribution in [0, 0.1) is 5.41 Å². The van der Waals surface area contributed by atoms with Gasteiger partial charge >= 0.3 is 0 Å². The van der Waals surface area contributed by atoms with Crippen LogP contribution in [0.25, 0.3) is 0 Å². The van der Waals surface area contributed by atoms with Crippen molar-refractivity contribution in [2.45, 2.75) is 39.5 Å². The number of carbonyl (C=O) groups excluding carboxylic acids is 4. The van der Waals surface area contributed by atoms with Crippen molar-refractivity contribution >= 4 is 23.6 Å². The minimum Gasteiger partial charge on any atom is -0.396 e. The Morgan fingerprint density at radius 2 is 1.81 bits per heavy atom. The molecular formula is C18H27N3O5. The zero-order valence-electron chi connectivity index (χ0n) is 15.3. The number of imide groups is 1. The van der Waals surface area contributed by atoms with Crippen molar-refractivity contribution in [1.29, 1.82) is 0 Å². The van der Waals surface area contributed by atoms with Crippen LogP contribution in [-0.4, -0.2) is 53.3 Å². The molecule has 1 heterocycles. The van der Waals surface area contributed by atoms with Crippen LogP contribution in [0.2, 0.25) is 0 Å². The first-order valence-corrected chi connectivity index (χ1v) is 8.63. The average Bonchev–Trinajstić information content (AvgIpc) is 2.89. The molecule has 0 aliphatic carbocycles. The Morgan fingerprint density at radius 1 is 1.15 bits per heavy atom. The van der Waals surface area contributed by atoms with Crippen molar-refractivity contribution in [3.8, 4) is 0 Å². The molecule has 0 saturated heterocycles. The Kier molecular flexibility index (Phi) is 8.71. The molecule has 3 N–H and O–H groups in total. The number of unbranched alkanes of at least 4 members (excludes halogenated alkanes) is 2. The number of nitrogens with one attached hydrogen (secondary N) is 2. The molecule has 0 spiro atoms. The summed E-state index contributed by atoms with van der Waals surface area (Å²) in [5, 5.41) is 14.3. The molecule has 0 radical (unpaired) electrons. The molecule has 1 rings (SSSR count). The lowest BCUT2D eigenvalue weighted by molar-refractivity contribution is -0.136. The summed E-state index contributed by atoms with van der Waals surface area (Å²) in [6.07, 6.45) is 7.37. The largest absolute Gasteiger partial charge is 0.396 e. The number of nitrogens with zero attached hydrogens (tertiary/aromatic N) is 1. The van der Waals surface area contributed by atoms with Gasteiger partial charge in [0.25, 0.3) is 11.8 Å². The molecule has 0 aromatic heterocycles. The van der Waals surface area contributed by atoms with Gasteiger partial charge in [0, 0.05) is 50.5 Å². The Bertz CT molecular complexity index is 578. The first-order chi connectivity index (χ1) is 12.2. The fourth-order valence-corrected chi connectivity index (χ4v) is 2.25. The fraction of sp³-hybridized carbons (Fsp3) is 0.556. The number of aliphatic hydroxyl groups excluding tert-OH is 1. The second-order valence-corrected chi connectivity index (χ2v) is 6.91. The molecule has 0 unspecified atom stereocenters. The number of hydrogen-bond donors (Lipinski definition) is 3. The predicted octanol–water partition coefficient (Wildman–Crippen LogP) is 0.236. The highest BCUT2D eigenvalue weighted by Gasteiger charge is 2.22. The maximum atomic E-state index is 11.6. The van der Waals surface area contributed by atoms with Gasteiger partial charge in [0.15, 0.2) is 0 Å². The first-order valence-electron chi connectivity index (χ1n) is 8.63. The second kappa shape index (κ2) is 10.5. The highest BCUT2D eigenvalue weighted by Crippen LogP contribution is 2.18. The summed E-state index contributed by atoms with van der Waals surface area (Å²) in [4.78, 5) is 47.1. The lowest BCUT2D eigenvalue weighted by atomic mass is 9.90. The average molecular weight is 365 g/mol. The molecule has 0 saturated carbocycles. The number of hydrogen-bond acceptors (Lipinski definition) is 5. The van der Waals surface area contributed by atoms with Gasteiger partial charge in [-0.15, -0.1) is 0 Å². The van der Waals surface area contributed by atoms with Gasteiger partial charge < -0.3 is 15.7 Å². The standard InChI is InChI=1S/C18H27N3O5/c1-18(2,13-22)12-15(24)20-10-8-14(23)19-9-4-3-5-11-21-16(25)6-7-17(21)26/h6-8,10,22H,3-5,9,11-13H2,1-2H3,(H,19,23)(H,20,24)/b10-8-. The molecular weight excluding hydrogens is 338 g/mol. The number of carbonyl (C=O) groups is 4. The molecule has 1 aliphatic heterocycles. The molecule has 0 fully saturated rings. The van der Waals surface area contributed by atoms with Gasteiger partial charge in [-0.1, -0.05) is 13.8 Å². The van der Waals surface area contributed by atoms with Crippen LogP contribution in [0.4, 0.5) is 0 Å². The molecule has 0 bridgehead atoms. The summed E-state index contributed by atoms with van der Waals surface area (Å²) < 4.78 is 0. The summed E-state index contributed by atoms with van der Waals surface area (Å²) in [7, 11) is 0. The molecule has 4 amide bonds. The monoisotopic (exact) mass is 365 g/mol. The Balaban J connectivity index is 2.08. The van der Waals surface area contributed by atoms with E-state index in [9.17, 15) is 19.2 Å². The van der Waals surface area contributed by atoms with E-state index >= 15 is 0 Å². The highest BCUT2D eigenvalue weighted by molar-refractivity contribution is 6.12. The van der Waals surface area contributed by atoms with Gasteiger partial charge in [0.1, 0.15) is 0 Å². The molecule has 8 heteroatoms. The number of rotatable bonds is 11. The summed E-state index contributed by atoms with van der Waals surface area (Å²) in [5.41, 5.74) is -0.499. The SMILES string of the molecule is CC(C)(CO)CC(=O)N/C=C\C(=O)NCCCCCN1C(=O)C=CC1=O. The Labute approximate surface area is 153 Å². The van der Waals surface area contributed by atoms with Crippen LogP contribution >= 0.6 is 0 Å². The fourth-order valence-electron chi connectivity index (χ4n) is 2.25. The topological polar surface area (TPSA) is 116 Å². The summed E-state index contributed by atoms with van der Waals surface area (Å²) in [6, 6.07) is 0. The van der Waals surface area contributed by atoms with E-state index in [1.807, 2.05) is 0 Å². The lowest BCUT2D eigenvalue weighted by Gasteiger charge is -2.19. The van der Waals surface area contributed by atoms with E-state index < -0.39 is 5.41 Å². The normalized spacial score (nSPS) is 14.3. The van der Waals surface area contributed by atoms with Gasteiger partial charge in [-0.3, -0.25) is 24.1 Å². The van der Waals surface area contributed by atoms with Gasteiger partial charge in [-0.05, 0) is 24.7 Å². The highest BCUT2D eigenvalue weighted by atomic mass is 16.3. The predicted molar refractivity (Wildman–Crippen MR) is 95.5 cm³/mol. The maximum absolute atomic E-state index is 11.6. The third-order valence-electron chi connectivity index (χ3n) is 3.80. The molecule has 0 aromatic carbocycles. The minimum atomic E-state index is -0.499. The molecule has 8 nitrogen and oxygen atoms in total. The Morgan fingerprint density at radius 3 is 2.42 bits per heavy atom. The van der Waals surface area contributed by atoms with Gasteiger partial charge in [0.05, 0.1) is 0 Å². The molecule has 0 atom stereocenters. The quantitative estimate of drug-likeness (QED) is 0.275.